The second kappa shape index (κ2) is 7.18. The Bertz CT molecular complexity index is 770. The zero-order chi connectivity index (χ0) is 17.3. The molecule has 1 aromatic carbocycles. The van der Waals surface area contributed by atoms with Gasteiger partial charge in [0.15, 0.2) is 0 Å². The molecule has 1 heterocycles. The number of nitrogens with zero attached hydrogens (tertiary/aromatic N) is 1. The van der Waals surface area contributed by atoms with Gasteiger partial charge in [-0.25, -0.2) is 25.9 Å². The summed E-state index contributed by atoms with van der Waals surface area (Å²) in [7, 11) is -6.82. The van der Waals surface area contributed by atoms with Crippen molar-refractivity contribution < 1.29 is 16.8 Å². The topological polar surface area (TPSA) is 83.6 Å². The van der Waals surface area contributed by atoms with Gasteiger partial charge in [0.25, 0.3) is 0 Å². The lowest BCUT2D eigenvalue weighted by atomic mass is 10.1. The highest BCUT2D eigenvalue weighted by molar-refractivity contribution is 9.10. The molecule has 0 atom stereocenters. The summed E-state index contributed by atoms with van der Waals surface area (Å²) >= 11 is 3.29. The molecule has 2 rings (SSSR count). The fourth-order valence-electron chi connectivity index (χ4n) is 2.58. The van der Waals surface area contributed by atoms with E-state index in [1.165, 1.54) is 4.31 Å². The fourth-order valence-corrected chi connectivity index (χ4v) is 5.80. The first-order chi connectivity index (χ1) is 10.7. The van der Waals surface area contributed by atoms with Crippen LogP contribution in [0.15, 0.2) is 27.6 Å². The molecule has 1 saturated heterocycles. The highest BCUT2D eigenvalue weighted by Crippen LogP contribution is 2.22. The van der Waals surface area contributed by atoms with Crippen LogP contribution in [0, 0.1) is 6.92 Å². The minimum atomic E-state index is -3.62. The molecule has 1 N–H and O–H groups in total. The standard InChI is InChI=1S/C14H21BrN2O4S2/c1-3-22(18,19)17-8-6-13(7-9-17)16-23(20,21)14-10-12(15)5-4-11(14)2/h4-5,10,13,16H,3,6-9H2,1-2H3. The minimum Gasteiger partial charge on any atom is -0.212 e. The second-order valence-corrected chi connectivity index (χ2v) is 10.5. The number of hydrogen-bond donors (Lipinski definition) is 1. The molecule has 0 aromatic heterocycles. The van der Waals surface area contributed by atoms with Gasteiger partial charge in [0, 0.05) is 23.6 Å². The molecule has 0 unspecified atom stereocenters. The predicted molar refractivity (Wildman–Crippen MR) is 93.3 cm³/mol. The smallest absolute Gasteiger partial charge is 0.212 e. The highest BCUT2D eigenvalue weighted by Gasteiger charge is 2.29. The largest absolute Gasteiger partial charge is 0.241 e. The monoisotopic (exact) mass is 424 g/mol. The third kappa shape index (κ3) is 4.54. The number of piperidine rings is 1. The van der Waals surface area contributed by atoms with E-state index in [0.29, 0.717) is 36.0 Å². The summed E-state index contributed by atoms with van der Waals surface area (Å²) in [4.78, 5) is 0.246. The number of halogens is 1. The van der Waals surface area contributed by atoms with Crippen LogP contribution in [0.3, 0.4) is 0 Å². The number of sulfonamides is 2. The van der Waals surface area contributed by atoms with Crippen LogP contribution >= 0.6 is 15.9 Å². The molecule has 0 spiro atoms. The molecule has 9 heteroatoms. The van der Waals surface area contributed by atoms with Gasteiger partial charge in [-0.05, 0) is 44.4 Å². The van der Waals surface area contributed by atoms with E-state index in [2.05, 4.69) is 20.7 Å². The van der Waals surface area contributed by atoms with Crippen LogP contribution in [-0.4, -0.2) is 46.0 Å². The van der Waals surface area contributed by atoms with E-state index in [1.54, 1.807) is 32.0 Å². The maximum Gasteiger partial charge on any atom is 0.241 e. The fraction of sp³-hybridized carbons (Fsp3) is 0.571. The lowest BCUT2D eigenvalue weighted by Crippen LogP contribution is -2.46. The van der Waals surface area contributed by atoms with Crippen molar-refractivity contribution in [2.75, 3.05) is 18.8 Å². The summed E-state index contributed by atoms with van der Waals surface area (Å²) in [5.41, 5.74) is 0.673. The summed E-state index contributed by atoms with van der Waals surface area (Å²) in [5, 5.41) is 0. The van der Waals surface area contributed by atoms with E-state index in [0.717, 1.165) is 0 Å². The Morgan fingerprint density at radius 2 is 1.83 bits per heavy atom. The molecule has 0 bridgehead atoms. The minimum absolute atomic E-state index is 0.0701. The first-order valence-corrected chi connectivity index (χ1v) is 11.3. The second-order valence-electron chi connectivity index (χ2n) is 5.60. The third-order valence-corrected chi connectivity index (χ3v) is 8.01. The normalized spacial score (nSPS) is 18.2. The van der Waals surface area contributed by atoms with Gasteiger partial charge >= 0.3 is 0 Å². The molecular formula is C14H21BrN2O4S2. The Labute approximate surface area is 146 Å². The first kappa shape index (κ1) is 18.9. The van der Waals surface area contributed by atoms with Gasteiger partial charge in [0.2, 0.25) is 20.0 Å². The maximum absolute atomic E-state index is 12.5. The summed E-state index contributed by atoms with van der Waals surface area (Å²) in [6.07, 6.45) is 0.955. The van der Waals surface area contributed by atoms with E-state index < -0.39 is 20.0 Å². The summed E-state index contributed by atoms with van der Waals surface area (Å²) in [6.45, 7) is 4.05. The van der Waals surface area contributed by atoms with Gasteiger partial charge in [-0.1, -0.05) is 22.0 Å². The van der Waals surface area contributed by atoms with E-state index in [4.69, 9.17) is 0 Å². The number of rotatable bonds is 5. The summed E-state index contributed by atoms with van der Waals surface area (Å²) in [6, 6.07) is 4.87. The lowest BCUT2D eigenvalue weighted by Gasteiger charge is -2.31. The lowest BCUT2D eigenvalue weighted by molar-refractivity contribution is 0.309. The van der Waals surface area contributed by atoms with E-state index >= 15 is 0 Å². The molecule has 1 aliphatic heterocycles. The highest BCUT2D eigenvalue weighted by atomic mass is 79.9. The molecule has 1 fully saturated rings. The number of aryl methyl sites for hydroxylation is 1. The van der Waals surface area contributed by atoms with Crippen molar-refractivity contribution in [3.8, 4) is 0 Å². The molecule has 1 aliphatic rings. The van der Waals surface area contributed by atoms with Gasteiger partial charge in [-0.3, -0.25) is 0 Å². The molecule has 6 nitrogen and oxygen atoms in total. The average molecular weight is 425 g/mol. The Balaban J connectivity index is 2.07. The van der Waals surface area contributed by atoms with Gasteiger partial charge in [0.1, 0.15) is 0 Å². The number of benzene rings is 1. The molecule has 23 heavy (non-hydrogen) atoms. The molecule has 0 saturated carbocycles. The van der Waals surface area contributed by atoms with Crippen molar-refractivity contribution in [3.63, 3.8) is 0 Å². The molecule has 1 aromatic rings. The molecule has 0 radical (unpaired) electrons. The van der Waals surface area contributed by atoms with Crippen molar-refractivity contribution in [1.29, 1.82) is 0 Å². The van der Waals surface area contributed by atoms with Crippen LogP contribution in [0.5, 0.6) is 0 Å². The summed E-state index contributed by atoms with van der Waals surface area (Å²) < 4.78 is 53.6. The van der Waals surface area contributed by atoms with Gasteiger partial charge < -0.3 is 0 Å². The van der Waals surface area contributed by atoms with Gasteiger partial charge in [0.05, 0.1) is 10.6 Å². The Morgan fingerprint density at radius 3 is 2.39 bits per heavy atom. The zero-order valence-electron chi connectivity index (χ0n) is 13.1. The predicted octanol–water partition coefficient (Wildman–Crippen LogP) is 1.85. The van der Waals surface area contributed by atoms with Crippen LogP contribution in [0.2, 0.25) is 0 Å². The van der Waals surface area contributed by atoms with E-state index in [9.17, 15) is 16.8 Å². The number of hydrogen-bond acceptors (Lipinski definition) is 4. The van der Waals surface area contributed by atoms with E-state index in [1.807, 2.05) is 0 Å². The van der Waals surface area contributed by atoms with Crippen molar-refractivity contribution >= 4 is 36.0 Å². The first-order valence-electron chi connectivity index (χ1n) is 7.42. The Kier molecular flexibility index (Phi) is 5.89. The Hall–Kier alpha value is -0.480. The maximum atomic E-state index is 12.5. The quantitative estimate of drug-likeness (QED) is 0.781. The van der Waals surface area contributed by atoms with Crippen LogP contribution in [-0.2, 0) is 20.0 Å². The molecular weight excluding hydrogens is 404 g/mol. The summed E-state index contributed by atoms with van der Waals surface area (Å²) in [5.74, 6) is 0.0701. The van der Waals surface area contributed by atoms with Gasteiger partial charge in [-0.2, -0.15) is 0 Å². The van der Waals surface area contributed by atoms with Crippen LogP contribution in [0.1, 0.15) is 25.3 Å². The van der Waals surface area contributed by atoms with Crippen LogP contribution in [0.4, 0.5) is 0 Å². The van der Waals surface area contributed by atoms with Crippen molar-refractivity contribution in [2.24, 2.45) is 0 Å². The van der Waals surface area contributed by atoms with Crippen LogP contribution in [0.25, 0.3) is 0 Å². The molecule has 130 valence electrons. The molecule has 0 amide bonds. The SMILES string of the molecule is CCS(=O)(=O)N1CCC(NS(=O)(=O)c2cc(Br)ccc2C)CC1. The average Bonchev–Trinajstić information content (AvgIpc) is 2.49. The van der Waals surface area contributed by atoms with Crippen molar-refractivity contribution in [3.05, 3.63) is 28.2 Å². The van der Waals surface area contributed by atoms with Crippen LogP contribution < -0.4 is 4.72 Å². The number of nitrogens with one attached hydrogen (secondary N) is 1. The third-order valence-electron chi connectivity index (χ3n) is 3.97. The molecule has 0 aliphatic carbocycles. The van der Waals surface area contributed by atoms with E-state index in [-0.39, 0.29) is 16.7 Å². The van der Waals surface area contributed by atoms with Crippen molar-refractivity contribution in [2.45, 2.75) is 37.6 Å². The Morgan fingerprint density at radius 1 is 1.22 bits per heavy atom. The zero-order valence-corrected chi connectivity index (χ0v) is 16.3. The van der Waals surface area contributed by atoms with Crippen molar-refractivity contribution in [1.82, 2.24) is 9.03 Å². The van der Waals surface area contributed by atoms with Gasteiger partial charge in [-0.15, -0.1) is 0 Å².